The molecule has 0 saturated carbocycles. The Hall–Kier alpha value is -2.62. The standard InChI is InChI=1S/C18H17NO3/c1-2-22-16(20)12-18(13-8-4-3-5-9-13)17(21)14-10-6-7-11-15(14)19-18/h3-11,19H,2,12H2,1H3. The summed E-state index contributed by atoms with van der Waals surface area (Å²) in [6, 6.07) is 16.6. The quantitative estimate of drug-likeness (QED) is 0.880. The predicted molar refractivity (Wildman–Crippen MR) is 83.8 cm³/mol. The van der Waals surface area contributed by atoms with E-state index in [-0.39, 0.29) is 18.2 Å². The molecule has 3 rings (SSSR count). The van der Waals surface area contributed by atoms with Crippen LogP contribution in [0, 0.1) is 0 Å². The summed E-state index contributed by atoms with van der Waals surface area (Å²) >= 11 is 0. The summed E-state index contributed by atoms with van der Waals surface area (Å²) < 4.78 is 5.07. The molecule has 1 aliphatic heterocycles. The van der Waals surface area contributed by atoms with Crippen LogP contribution in [0.1, 0.15) is 29.3 Å². The number of hydrogen-bond donors (Lipinski definition) is 1. The molecule has 1 unspecified atom stereocenters. The first-order valence-corrected chi connectivity index (χ1v) is 7.30. The van der Waals surface area contributed by atoms with Crippen LogP contribution in [-0.4, -0.2) is 18.4 Å². The van der Waals surface area contributed by atoms with Gasteiger partial charge in [0.25, 0.3) is 0 Å². The second-order valence-corrected chi connectivity index (χ2v) is 5.25. The largest absolute Gasteiger partial charge is 0.466 e. The number of fused-ring (bicyclic) bond motifs is 1. The smallest absolute Gasteiger partial charge is 0.309 e. The topological polar surface area (TPSA) is 55.4 Å². The molecule has 2 aromatic rings. The van der Waals surface area contributed by atoms with Crippen molar-refractivity contribution in [2.75, 3.05) is 11.9 Å². The molecule has 1 N–H and O–H groups in total. The molecular formula is C18H17NO3. The minimum atomic E-state index is -1.09. The first-order chi connectivity index (χ1) is 10.7. The van der Waals surface area contributed by atoms with Gasteiger partial charge < -0.3 is 10.1 Å². The van der Waals surface area contributed by atoms with E-state index in [1.165, 1.54) is 0 Å². The van der Waals surface area contributed by atoms with Crippen LogP contribution in [0.5, 0.6) is 0 Å². The van der Waals surface area contributed by atoms with Crippen molar-refractivity contribution in [3.63, 3.8) is 0 Å². The zero-order valence-electron chi connectivity index (χ0n) is 12.3. The van der Waals surface area contributed by atoms with Gasteiger partial charge in [-0.3, -0.25) is 9.59 Å². The third-order valence-corrected chi connectivity index (χ3v) is 3.89. The molecule has 0 spiro atoms. The summed E-state index contributed by atoms with van der Waals surface area (Å²) in [4.78, 5) is 25.0. The summed E-state index contributed by atoms with van der Waals surface area (Å²) in [5.41, 5.74) is 1.04. The van der Waals surface area contributed by atoms with E-state index in [4.69, 9.17) is 4.74 Å². The number of esters is 1. The van der Waals surface area contributed by atoms with Crippen molar-refractivity contribution < 1.29 is 14.3 Å². The number of carbonyl (C=O) groups excluding carboxylic acids is 2. The van der Waals surface area contributed by atoms with E-state index < -0.39 is 5.54 Å². The number of Topliss-reactive ketones (excluding diaryl/α,β-unsaturated/α-hetero) is 1. The van der Waals surface area contributed by atoms with Crippen LogP contribution >= 0.6 is 0 Å². The number of anilines is 1. The molecule has 0 amide bonds. The van der Waals surface area contributed by atoms with Gasteiger partial charge in [0.1, 0.15) is 5.54 Å². The van der Waals surface area contributed by atoms with Gasteiger partial charge in [0.05, 0.1) is 13.0 Å². The number of hydrogen-bond acceptors (Lipinski definition) is 4. The average Bonchev–Trinajstić information content (AvgIpc) is 2.82. The van der Waals surface area contributed by atoms with Gasteiger partial charge in [-0.25, -0.2) is 0 Å². The van der Waals surface area contributed by atoms with Gasteiger partial charge in [-0.05, 0) is 24.6 Å². The lowest BCUT2D eigenvalue weighted by atomic mass is 9.83. The highest BCUT2D eigenvalue weighted by Gasteiger charge is 2.48. The highest BCUT2D eigenvalue weighted by atomic mass is 16.5. The molecule has 0 aromatic heterocycles. The van der Waals surface area contributed by atoms with Gasteiger partial charge in [-0.2, -0.15) is 0 Å². The predicted octanol–water partition coefficient (Wildman–Crippen LogP) is 3.14. The van der Waals surface area contributed by atoms with Crippen molar-refractivity contribution in [2.24, 2.45) is 0 Å². The van der Waals surface area contributed by atoms with Crippen LogP contribution in [-0.2, 0) is 15.1 Å². The minimum Gasteiger partial charge on any atom is -0.466 e. The zero-order chi connectivity index (χ0) is 15.6. The van der Waals surface area contributed by atoms with Gasteiger partial charge in [0.2, 0.25) is 0 Å². The lowest BCUT2D eigenvalue weighted by molar-refractivity contribution is -0.144. The van der Waals surface area contributed by atoms with Crippen molar-refractivity contribution in [3.8, 4) is 0 Å². The Balaban J connectivity index is 2.07. The van der Waals surface area contributed by atoms with Crippen LogP contribution in [0.2, 0.25) is 0 Å². The second kappa shape index (κ2) is 5.64. The molecule has 4 nitrogen and oxygen atoms in total. The number of para-hydroxylation sites is 1. The van der Waals surface area contributed by atoms with E-state index in [2.05, 4.69) is 5.32 Å². The first kappa shape index (κ1) is 14.3. The molecule has 1 heterocycles. The number of carbonyl (C=O) groups is 2. The van der Waals surface area contributed by atoms with Gasteiger partial charge in [-0.1, -0.05) is 42.5 Å². The molecule has 0 aliphatic carbocycles. The lowest BCUT2D eigenvalue weighted by Gasteiger charge is -2.28. The molecule has 112 valence electrons. The highest BCUT2D eigenvalue weighted by Crippen LogP contribution is 2.41. The number of ketones is 1. The van der Waals surface area contributed by atoms with E-state index in [0.717, 1.165) is 11.3 Å². The molecule has 1 atom stereocenters. The average molecular weight is 295 g/mol. The monoisotopic (exact) mass is 295 g/mol. The number of benzene rings is 2. The Morgan fingerprint density at radius 2 is 1.77 bits per heavy atom. The molecule has 2 aromatic carbocycles. The van der Waals surface area contributed by atoms with Crippen molar-refractivity contribution in [3.05, 3.63) is 65.7 Å². The third kappa shape index (κ3) is 2.26. The Bertz CT molecular complexity index is 711. The molecular weight excluding hydrogens is 278 g/mol. The fourth-order valence-electron chi connectivity index (χ4n) is 2.89. The van der Waals surface area contributed by atoms with E-state index in [0.29, 0.717) is 12.2 Å². The van der Waals surface area contributed by atoms with Gasteiger partial charge >= 0.3 is 5.97 Å². The summed E-state index contributed by atoms with van der Waals surface area (Å²) in [6.07, 6.45) is -0.0294. The molecule has 0 saturated heterocycles. The maximum absolute atomic E-state index is 13.0. The van der Waals surface area contributed by atoms with E-state index in [9.17, 15) is 9.59 Å². The van der Waals surface area contributed by atoms with E-state index in [1.807, 2.05) is 48.5 Å². The Kier molecular flexibility index (Phi) is 3.67. The Morgan fingerprint density at radius 3 is 2.45 bits per heavy atom. The van der Waals surface area contributed by atoms with Crippen LogP contribution in [0.15, 0.2) is 54.6 Å². The molecule has 0 bridgehead atoms. The maximum Gasteiger partial charge on any atom is 0.309 e. The summed E-state index contributed by atoms with van der Waals surface area (Å²) in [5, 5.41) is 3.25. The number of ether oxygens (including phenoxy) is 1. The van der Waals surface area contributed by atoms with Gasteiger partial charge in [0.15, 0.2) is 5.78 Å². The van der Waals surface area contributed by atoms with Gasteiger partial charge in [0, 0.05) is 11.3 Å². The normalized spacial score (nSPS) is 19.4. The first-order valence-electron chi connectivity index (χ1n) is 7.30. The SMILES string of the molecule is CCOC(=O)CC1(c2ccccc2)Nc2ccccc2C1=O. The summed E-state index contributed by atoms with van der Waals surface area (Å²) in [7, 11) is 0. The molecule has 1 aliphatic rings. The van der Waals surface area contributed by atoms with Crippen molar-refractivity contribution in [1.29, 1.82) is 0 Å². The molecule has 22 heavy (non-hydrogen) atoms. The van der Waals surface area contributed by atoms with Crippen molar-refractivity contribution in [2.45, 2.75) is 18.9 Å². The zero-order valence-corrected chi connectivity index (χ0v) is 12.3. The van der Waals surface area contributed by atoms with Crippen LogP contribution in [0.25, 0.3) is 0 Å². The number of nitrogens with one attached hydrogen (secondary N) is 1. The number of rotatable bonds is 4. The van der Waals surface area contributed by atoms with E-state index >= 15 is 0 Å². The second-order valence-electron chi connectivity index (χ2n) is 5.25. The van der Waals surface area contributed by atoms with Gasteiger partial charge in [-0.15, -0.1) is 0 Å². The van der Waals surface area contributed by atoms with Crippen LogP contribution < -0.4 is 5.32 Å². The summed E-state index contributed by atoms with van der Waals surface area (Å²) in [6.45, 7) is 2.05. The van der Waals surface area contributed by atoms with Crippen molar-refractivity contribution >= 4 is 17.4 Å². The fourth-order valence-corrected chi connectivity index (χ4v) is 2.89. The van der Waals surface area contributed by atoms with Crippen LogP contribution in [0.4, 0.5) is 5.69 Å². The third-order valence-electron chi connectivity index (χ3n) is 3.89. The fraction of sp³-hybridized carbons (Fsp3) is 0.222. The molecule has 4 heteroatoms. The van der Waals surface area contributed by atoms with E-state index in [1.54, 1.807) is 13.0 Å². The lowest BCUT2D eigenvalue weighted by Crippen LogP contribution is -2.41. The molecule has 0 radical (unpaired) electrons. The highest BCUT2D eigenvalue weighted by molar-refractivity contribution is 6.15. The summed E-state index contributed by atoms with van der Waals surface area (Å²) in [5.74, 6) is -0.484. The maximum atomic E-state index is 13.0. The Morgan fingerprint density at radius 1 is 1.09 bits per heavy atom. The molecule has 0 fully saturated rings. The van der Waals surface area contributed by atoms with Crippen molar-refractivity contribution in [1.82, 2.24) is 0 Å². The Labute approximate surface area is 129 Å². The minimum absolute atomic E-state index is 0.0294. The van der Waals surface area contributed by atoms with Crippen LogP contribution in [0.3, 0.4) is 0 Å².